The summed E-state index contributed by atoms with van der Waals surface area (Å²) in [4.78, 5) is 24.9. The molecule has 4 fully saturated rings. The predicted molar refractivity (Wildman–Crippen MR) is 83.1 cm³/mol. The van der Waals surface area contributed by atoms with E-state index < -0.39 is 0 Å². The molecular formula is C19H28O3. The van der Waals surface area contributed by atoms with Gasteiger partial charge in [-0.25, -0.2) is 0 Å². The lowest BCUT2D eigenvalue weighted by Gasteiger charge is -2.59. The van der Waals surface area contributed by atoms with Crippen LogP contribution < -0.4 is 0 Å². The van der Waals surface area contributed by atoms with Gasteiger partial charge in [0.15, 0.2) is 0 Å². The lowest BCUT2D eigenvalue weighted by Crippen LogP contribution is -2.56. The smallest absolute Gasteiger partial charge is 0.136 e. The summed E-state index contributed by atoms with van der Waals surface area (Å²) in [5.41, 5.74) is 0.210. The van der Waals surface area contributed by atoms with Crippen LogP contribution in [0.5, 0.6) is 0 Å². The zero-order chi connectivity index (χ0) is 15.7. The minimum Gasteiger partial charge on any atom is -0.393 e. The van der Waals surface area contributed by atoms with Crippen molar-refractivity contribution < 1.29 is 14.7 Å². The first-order chi connectivity index (χ1) is 10.3. The van der Waals surface area contributed by atoms with Gasteiger partial charge in [-0.15, -0.1) is 0 Å². The zero-order valence-corrected chi connectivity index (χ0v) is 13.8. The van der Waals surface area contributed by atoms with Gasteiger partial charge in [0.25, 0.3) is 0 Å². The second kappa shape index (κ2) is 4.66. The summed E-state index contributed by atoms with van der Waals surface area (Å²) >= 11 is 0. The second-order valence-corrected chi connectivity index (χ2v) is 9.15. The Balaban J connectivity index is 1.69. The SMILES string of the molecule is C[C@@]12CC[C@@H]3[C@H](CC(=O)[C@@H]4C[C@@H](O)CC[C@@]34C)[C@H]1CC(=O)C2. The van der Waals surface area contributed by atoms with Crippen molar-refractivity contribution in [3.63, 3.8) is 0 Å². The molecule has 7 atom stereocenters. The molecule has 3 heteroatoms. The van der Waals surface area contributed by atoms with Gasteiger partial charge in [-0.1, -0.05) is 13.8 Å². The Hall–Kier alpha value is -0.700. The van der Waals surface area contributed by atoms with Crippen LogP contribution in [0, 0.1) is 34.5 Å². The normalized spacial score (nSPS) is 54.6. The molecule has 0 saturated heterocycles. The summed E-state index contributed by atoms with van der Waals surface area (Å²) in [6, 6.07) is 0. The summed E-state index contributed by atoms with van der Waals surface area (Å²) < 4.78 is 0. The van der Waals surface area contributed by atoms with E-state index in [9.17, 15) is 14.7 Å². The van der Waals surface area contributed by atoms with Gasteiger partial charge in [-0.05, 0) is 60.7 Å². The molecule has 0 spiro atoms. The molecule has 0 aromatic rings. The molecule has 4 aliphatic carbocycles. The summed E-state index contributed by atoms with van der Waals surface area (Å²) in [7, 11) is 0. The number of rotatable bonds is 0. The fraction of sp³-hybridized carbons (Fsp3) is 0.895. The van der Waals surface area contributed by atoms with E-state index >= 15 is 0 Å². The third kappa shape index (κ3) is 1.90. The number of aliphatic hydroxyl groups is 1. The number of Topliss-reactive ketones (excluding diaryl/α,β-unsaturated/α-hetero) is 2. The second-order valence-electron chi connectivity index (χ2n) is 9.15. The summed E-state index contributed by atoms with van der Waals surface area (Å²) in [5, 5.41) is 10.0. The highest BCUT2D eigenvalue weighted by Gasteiger charge is 2.61. The molecule has 22 heavy (non-hydrogen) atoms. The summed E-state index contributed by atoms with van der Waals surface area (Å²) in [6.45, 7) is 4.58. The first kappa shape index (κ1) is 14.9. The van der Waals surface area contributed by atoms with Crippen molar-refractivity contribution in [2.24, 2.45) is 34.5 Å². The third-order valence-corrected chi connectivity index (χ3v) is 8.00. The van der Waals surface area contributed by atoms with E-state index in [4.69, 9.17) is 0 Å². The van der Waals surface area contributed by atoms with Crippen LogP contribution in [0.1, 0.15) is 65.2 Å². The van der Waals surface area contributed by atoms with Crippen LogP contribution >= 0.6 is 0 Å². The van der Waals surface area contributed by atoms with Gasteiger partial charge in [0.2, 0.25) is 0 Å². The highest BCUT2D eigenvalue weighted by Crippen LogP contribution is 2.64. The third-order valence-electron chi connectivity index (χ3n) is 8.00. The van der Waals surface area contributed by atoms with E-state index in [1.165, 1.54) is 6.42 Å². The Morgan fingerprint density at radius 1 is 1.05 bits per heavy atom. The van der Waals surface area contributed by atoms with Crippen LogP contribution in [0.2, 0.25) is 0 Å². The lowest BCUT2D eigenvalue weighted by atomic mass is 9.45. The van der Waals surface area contributed by atoms with E-state index in [1.54, 1.807) is 0 Å². The largest absolute Gasteiger partial charge is 0.393 e. The van der Waals surface area contributed by atoms with Gasteiger partial charge in [-0.3, -0.25) is 9.59 Å². The molecule has 1 N–H and O–H groups in total. The molecular weight excluding hydrogens is 276 g/mol. The minimum atomic E-state index is -0.291. The van der Waals surface area contributed by atoms with Gasteiger partial charge in [-0.2, -0.15) is 0 Å². The van der Waals surface area contributed by atoms with Crippen LogP contribution in [0.15, 0.2) is 0 Å². The molecule has 4 aliphatic rings. The summed E-state index contributed by atoms with van der Waals surface area (Å²) in [6.07, 6.45) is 6.59. The molecule has 3 nitrogen and oxygen atoms in total. The predicted octanol–water partition coefficient (Wildman–Crippen LogP) is 3.14. The van der Waals surface area contributed by atoms with Crippen molar-refractivity contribution in [3.05, 3.63) is 0 Å². The lowest BCUT2D eigenvalue weighted by molar-refractivity contribution is -0.157. The zero-order valence-electron chi connectivity index (χ0n) is 13.8. The Bertz CT molecular complexity index is 527. The Labute approximate surface area is 132 Å². The maximum Gasteiger partial charge on any atom is 0.136 e. The molecule has 122 valence electrons. The number of carbonyl (C=O) groups excluding carboxylic acids is 2. The summed E-state index contributed by atoms with van der Waals surface area (Å²) in [5.74, 6) is 2.24. The maximum absolute atomic E-state index is 12.8. The minimum absolute atomic E-state index is 0.0546. The standard InChI is InChI=1S/C19H28O3/c1-18-5-4-14-13(15(18)8-12(21)10-18)9-17(22)16-7-11(20)3-6-19(14,16)2/h11,13-16,20H,3-10H2,1-2H3/t11-,13-,14+,15+,16-,18-,19-/m0/s1. The van der Waals surface area contributed by atoms with Crippen LogP contribution in [0.3, 0.4) is 0 Å². The molecule has 0 aromatic heterocycles. The van der Waals surface area contributed by atoms with Crippen molar-refractivity contribution in [1.29, 1.82) is 0 Å². The number of hydrogen-bond acceptors (Lipinski definition) is 3. The average Bonchev–Trinajstić information content (AvgIpc) is 2.76. The molecule has 0 amide bonds. The van der Waals surface area contributed by atoms with Gasteiger partial charge in [0.05, 0.1) is 6.10 Å². The van der Waals surface area contributed by atoms with Crippen molar-refractivity contribution in [2.45, 2.75) is 71.3 Å². The number of fused-ring (bicyclic) bond motifs is 5. The topological polar surface area (TPSA) is 54.4 Å². The van der Waals surface area contributed by atoms with Gasteiger partial charge in [0, 0.05) is 25.2 Å². The average molecular weight is 304 g/mol. The Kier molecular flexibility index (Phi) is 3.15. The maximum atomic E-state index is 12.8. The molecule has 4 rings (SSSR count). The molecule has 0 bridgehead atoms. The number of hydrogen-bond donors (Lipinski definition) is 1. The number of ketones is 2. The highest BCUT2D eigenvalue weighted by molar-refractivity contribution is 5.85. The van der Waals surface area contributed by atoms with E-state index in [2.05, 4.69) is 13.8 Å². The van der Waals surface area contributed by atoms with Crippen LogP contribution in [-0.2, 0) is 9.59 Å². The van der Waals surface area contributed by atoms with Crippen molar-refractivity contribution in [3.8, 4) is 0 Å². The van der Waals surface area contributed by atoms with Crippen molar-refractivity contribution >= 4 is 11.6 Å². The van der Waals surface area contributed by atoms with E-state index in [1.807, 2.05) is 0 Å². The first-order valence-corrected chi connectivity index (χ1v) is 9.06. The monoisotopic (exact) mass is 304 g/mol. The van der Waals surface area contributed by atoms with Gasteiger partial charge >= 0.3 is 0 Å². The highest BCUT2D eigenvalue weighted by atomic mass is 16.3. The van der Waals surface area contributed by atoms with E-state index in [0.29, 0.717) is 48.6 Å². The molecule has 0 aromatic carbocycles. The van der Waals surface area contributed by atoms with Crippen LogP contribution in [0.25, 0.3) is 0 Å². The quantitative estimate of drug-likeness (QED) is 0.748. The molecule has 0 aliphatic heterocycles. The Morgan fingerprint density at radius 3 is 2.59 bits per heavy atom. The van der Waals surface area contributed by atoms with E-state index in [-0.39, 0.29) is 22.9 Å². The van der Waals surface area contributed by atoms with Crippen LogP contribution in [0.4, 0.5) is 0 Å². The number of carbonyl (C=O) groups is 2. The Morgan fingerprint density at radius 2 is 1.82 bits per heavy atom. The van der Waals surface area contributed by atoms with Gasteiger partial charge in [0.1, 0.15) is 11.6 Å². The van der Waals surface area contributed by atoms with Crippen LogP contribution in [-0.4, -0.2) is 22.8 Å². The fourth-order valence-corrected chi connectivity index (χ4v) is 6.80. The molecule has 0 radical (unpaired) electrons. The first-order valence-electron chi connectivity index (χ1n) is 9.06. The van der Waals surface area contributed by atoms with E-state index in [0.717, 1.165) is 25.7 Å². The molecule has 4 saturated carbocycles. The fourth-order valence-electron chi connectivity index (χ4n) is 6.80. The van der Waals surface area contributed by atoms with Gasteiger partial charge < -0.3 is 5.11 Å². The molecule has 0 heterocycles. The van der Waals surface area contributed by atoms with Crippen molar-refractivity contribution in [1.82, 2.24) is 0 Å². The van der Waals surface area contributed by atoms with Crippen molar-refractivity contribution in [2.75, 3.05) is 0 Å². The number of aliphatic hydroxyl groups excluding tert-OH is 1. The molecule has 0 unspecified atom stereocenters.